The van der Waals surface area contributed by atoms with Crippen molar-refractivity contribution in [2.75, 3.05) is 5.32 Å². The summed E-state index contributed by atoms with van der Waals surface area (Å²) in [6.45, 7) is 4.00. The molecule has 0 heterocycles. The van der Waals surface area contributed by atoms with E-state index in [1.54, 1.807) is 24.3 Å². The molecule has 0 atom stereocenters. The van der Waals surface area contributed by atoms with Crippen LogP contribution < -0.4 is 10.1 Å². The Morgan fingerprint density at radius 2 is 1.68 bits per heavy atom. The maximum absolute atomic E-state index is 12.4. The van der Waals surface area contributed by atoms with Gasteiger partial charge >= 0.3 is 0 Å². The molecule has 0 fully saturated rings. The maximum atomic E-state index is 12.4. The molecule has 3 nitrogen and oxygen atoms in total. The van der Waals surface area contributed by atoms with Gasteiger partial charge in [0.25, 0.3) is 5.91 Å². The first-order valence-electron chi connectivity index (χ1n) is 7.93. The molecule has 0 radical (unpaired) electrons. The quantitative estimate of drug-likeness (QED) is 0.506. The molecule has 126 valence electrons. The van der Waals surface area contributed by atoms with Crippen LogP contribution in [0.25, 0.3) is 0 Å². The minimum atomic E-state index is -0.133. The Bertz CT molecular complexity index is 904. The lowest BCUT2D eigenvalue weighted by molar-refractivity contribution is 0.102. The number of ether oxygens (including phenoxy) is 1. The number of hydrogen-bond acceptors (Lipinski definition) is 2. The molecular formula is C21H18INO2. The summed E-state index contributed by atoms with van der Waals surface area (Å²) >= 11 is 2.26. The molecule has 3 aromatic carbocycles. The van der Waals surface area contributed by atoms with Gasteiger partial charge in [-0.2, -0.15) is 0 Å². The van der Waals surface area contributed by atoms with Crippen LogP contribution in [0.1, 0.15) is 21.5 Å². The molecule has 0 aliphatic rings. The second-order valence-electron chi connectivity index (χ2n) is 5.86. The zero-order valence-corrected chi connectivity index (χ0v) is 16.2. The Labute approximate surface area is 161 Å². The molecule has 0 bridgehead atoms. The van der Waals surface area contributed by atoms with Gasteiger partial charge in [-0.15, -0.1) is 0 Å². The lowest BCUT2D eigenvalue weighted by atomic mass is 10.1. The number of carbonyl (C=O) groups excluding carboxylic acids is 1. The van der Waals surface area contributed by atoms with E-state index in [0.29, 0.717) is 11.3 Å². The Hall–Kier alpha value is -2.34. The van der Waals surface area contributed by atoms with Crippen LogP contribution in [0.5, 0.6) is 11.5 Å². The first-order chi connectivity index (χ1) is 12.0. The van der Waals surface area contributed by atoms with Crippen LogP contribution in [0, 0.1) is 17.4 Å². The van der Waals surface area contributed by atoms with Crippen LogP contribution in [-0.2, 0) is 0 Å². The fourth-order valence-corrected chi connectivity index (χ4v) is 3.10. The number of aryl methyl sites for hydroxylation is 2. The largest absolute Gasteiger partial charge is 0.457 e. The summed E-state index contributed by atoms with van der Waals surface area (Å²) in [5.74, 6) is 1.35. The third-order valence-corrected chi connectivity index (χ3v) is 4.45. The van der Waals surface area contributed by atoms with E-state index < -0.39 is 0 Å². The van der Waals surface area contributed by atoms with E-state index in [0.717, 1.165) is 26.1 Å². The van der Waals surface area contributed by atoms with Gasteiger partial charge in [0, 0.05) is 14.8 Å². The number of anilines is 1. The first kappa shape index (κ1) is 17.5. The zero-order chi connectivity index (χ0) is 17.8. The van der Waals surface area contributed by atoms with Crippen molar-refractivity contribution in [2.24, 2.45) is 0 Å². The fourth-order valence-electron chi connectivity index (χ4n) is 2.45. The summed E-state index contributed by atoms with van der Waals surface area (Å²) in [6.07, 6.45) is 0. The lowest BCUT2D eigenvalue weighted by Gasteiger charge is -2.10. The molecule has 0 saturated heterocycles. The van der Waals surface area contributed by atoms with Gasteiger partial charge < -0.3 is 10.1 Å². The molecule has 3 aromatic rings. The summed E-state index contributed by atoms with van der Waals surface area (Å²) in [6, 6.07) is 20.9. The number of nitrogens with one attached hydrogen (secondary N) is 1. The Morgan fingerprint density at radius 3 is 2.36 bits per heavy atom. The molecule has 1 amide bonds. The van der Waals surface area contributed by atoms with Crippen molar-refractivity contribution in [1.29, 1.82) is 0 Å². The van der Waals surface area contributed by atoms with E-state index in [4.69, 9.17) is 4.74 Å². The summed E-state index contributed by atoms with van der Waals surface area (Å²) in [7, 11) is 0. The van der Waals surface area contributed by atoms with E-state index >= 15 is 0 Å². The van der Waals surface area contributed by atoms with Gasteiger partial charge in [-0.05, 0) is 102 Å². The highest BCUT2D eigenvalue weighted by Gasteiger charge is 2.08. The Morgan fingerprint density at radius 1 is 0.920 bits per heavy atom. The number of amides is 1. The van der Waals surface area contributed by atoms with Crippen molar-refractivity contribution in [2.45, 2.75) is 13.8 Å². The fraction of sp³-hybridized carbons (Fsp3) is 0.0952. The Kier molecular flexibility index (Phi) is 5.38. The first-order valence-corrected chi connectivity index (χ1v) is 9.01. The highest BCUT2D eigenvalue weighted by Crippen LogP contribution is 2.23. The smallest absolute Gasteiger partial charge is 0.255 e. The second-order valence-corrected chi connectivity index (χ2v) is 7.10. The van der Waals surface area contributed by atoms with Crippen molar-refractivity contribution >= 4 is 34.2 Å². The maximum Gasteiger partial charge on any atom is 0.255 e. The van der Waals surface area contributed by atoms with Gasteiger partial charge in [0.2, 0.25) is 0 Å². The highest BCUT2D eigenvalue weighted by molar-refractivity contribution is 14.1. The molecule has 0 spiro atoms. The van der Waals surface area contributed by atoms with Gasteiger partial charge in [0.15, 0.2) is 0 Å². The molecule has 3 rings (SSSR count). The van der Waals surface area contributed by atoms with Crippen LogP contribution in [0.3, 0.4) is 0 Å². The minimum Gasteiger partial charge on any atom is -0.457 e. The summed E-state index contributed by atoms with van der Waals surface area (Å²) in [5, 5.41) is 2.95. The van der Waals surface area contributed by atoms with E-state index in [1.165, 1.54) is 0 Å². The van der Waals surface area contributed by atoms with Gasteiger partial charge in [0.1, 0.15) is 11.5 Å². The number of rotatable bonds is 4. The third-order valence-electron chi connectivity index (χ3n) is 3.78. The monoisotopic (exact) mass is 443 g/mol. The standard InChI is InChI=1S/C21H18INO2/c1-14-4-3-5-19(12-14)25-18-9-6-16(7-10-18)21(24)23-20-11-8-17(22)13-15(20)2/h3-13H,1-2H3,(H,23,24). The minimum absolute atomic E-state index is 0.133. The van der Waals surface area contributed by atoms with E-state index in [1.807, 2.05) is 56.3 Å². The van der Waals surface area contributed by atoms with E-state index in [9.17, 15) is 4.79 Å². The van der Waals surface area contributed by atoms with Crippen molar-refractivity contribution < 1.29 is 9.53 Å². The van der Waals surface area contributed by atoms with Crippen LogP contribution in [-0.4, -0.2) is 5.91 Å². The molecule has 1 N–H and O–H groups in total. The third kappa shape index (κ3) is 4.60. The molecule has 0 aliphatic carbocycles. The van der Waals surface area contributed by atoms with Gasteiger partial charge in [-0.3, -0.25) is 4.79 Å². The molecule has 4 heteroatoms. The topological polar surface area (TPSA) is 38.3 Å². The van der Waals surface area contributed by atoms with E-state index in [2.05, 4.69) is 27.9 Å². The summed E-state index contributed by atoms with van der Waals surface area (Å²) < 4.78 is 6.96. The predicted molar refractivity (Wildman–Crippen MR) is 110 cm³/mol. The number of hydrogen-bond donors (Lipinski definition) is 1. The molecule has 0 aliphatic heterocycles. The predicted octanol–water partition coefficient (Wildman–Crippen LogP) is 5.95. The van der Waals surface area contributed by atoms with E-state index in [-0.39, 0.29) is 5.91 Å². The highest BCUT2D eigenvalue weighted by atomic mass is 127. The van der Waals surface area contributed by atoms with Crippen LogP contribution in [0.15, 0.2) is 66.7 Å². The van der Waals surface area contributed by atoms with Crippen LogP contribution in [0.2, 0.25) is 0 Å². The van der Waals surface area contributed by atoms with Crippen molar-refractivity contribution in [3.63, 3.8) is 0 Å². The second kappa shape index (κ2) is 7.70. The molecule has 0 saturated carbocycles. The SMILES string of the molecule is Cc1cccc(Oc2ccc(C(=O)Nc3ccc(I)cc3C)cc2)c1. The van der Waals surface area contributed by atoms with Crippen molar-refractivity contribution in [3.8, 4) is 11.5 Å². The molecule has 0 unspecified atom stereocenters. The molecular weight excluding hydrogens is 425 g/mol. The Balaban J connectivity index is 1.70. The number of halogens is 1. The summed E-state index contributed by atoms with van der Waals surface area (Å²) in [5.41, 5.74) is 3.60. The number of benzene rings is 3. The van der Waals surface area contributed by atoms with Gasteiger partial charge in [-0.25, -0.2) is 0 Å². The van der Waals surface area contributed by atoms with Crippen molar-refractivity contribution in [1.82, 2.24) is 0 Å². The molecule has 25 heavy (non-hydrogen) atoms. The molecule has 0 aromatic heterocycles. The normalized spacial score (nSPS) is 10.4. The average Bonchev–Trinajstić information content (AvgIpc) is 2.58. The van der Waals surface area contributed by atoms with Crippen LogP contribution in [0.4, 0.5) is 5.69 Å². The van der Waals surface area contributed by atoms with Crippen LogP contribution >= 0.6 is 22.6 Å². The van der Waals surface area contributed by atoms with Gasteiger partial charge in [0.05, 0.1) is 0 Å². The number of carbonyl (C=O) groups is 1. The van der Waals surface area contributed by atoms with Crippen molar-refractivity contribution in [3.05, 3.63) is 87.0 Å². The van der Waals surface area contributed by atoms with Gasteiger partial charge in [-0.1, -0.05) is 12.1 Å². The lowest BCUT2D eigenvalue weighted by Crippen LogP contribution is -2.12. The zero-order valence-electron chi connectivity index (χ0n) is 14.0. The average molecular weight is 443 g/mol. The summed E-state index contributed by atoms with van der Waals surface area (Å²) in [4.78, 5) is 12.4.